The molecule has 0 radical (unpaired) electrons. The molecule has 0 saturated carbocycles. The molecule has 0 aliphatic carbocycles. The van der Waals surface area contributed by atoms with Gasteiger partial charge in [0.25, 0.3) is 5.91 Å². The highest BCUT2D eigenvalue weighted by Crippen LogP contribution is 2.23. The predicted octanol–water partition coefficient (Wildman–Crippen LogP) is 2.89. The number of benzene rings is 1. The second-order valence-corrected chi connectivity index (χ2v) is 6.24. The Morgan fingerprint density at radius 3 is 2.30 bits per heavy atom. The molecule has 0 aliphatic heterocycles. The quantitative estimate of drug-likeness (QED) is 0.665. The average Bonchev–Trinajstić information content (AvgIpc) is 2.36. The first kappa shape index (κ1) is 16.1. The number of hydrogen-bond donors (Lipinski definition) is 1. The third kappa shape index (κ3) is 4.99. The number of nitrogens with zero attached hydrogens (tertiary/aromatic N) is 1. The molecule has 0 heterocycles. The maximum absolute atomic E-state index is 12.1. The first-order valence-electron chi connectivity index (χ1n) is 6.70. The fourth-order valence-corrected chi connectivity index (χ4v) is 1.99. The Kier molecular flexibility index (Phi) is 5.25. The molecular formula is C15H22N2O3. The van der Waals surface area contributed by atoms with Gasteiger partial charge >= 0.3 is 0 Å². The van der Waals surface area contributed by atoms with Crippen molar-refractivity contribution in [3.63, 3.8) is 0 Å². The third-order valence-corrected chi connectivity index (χ3v) is 3.10. The average molecular weight is 278 g/mol. The van der Waals surface area contributed by atoms with Crippen LogP contribution in [0.15, 0.2) is 30.3 Å². The normalized spacial score (nSPS) is 14.4. The standard InChI is InChI=1S/C15H22N2O3/c1-11(17(19)20)13(10-15(2,3)4)16-14(18)12-8-6-5-7-9-12/h5-9,11,13H,10H2,1-4H3,(H,16,18). The van der Waals surface area contributed by atoms with Crippen LogP contribution in [0.2, 0.25) is 0 Å². The van der Waals surface area contributed by atoms with Crippen molar-refractivity contribution in [2.45, 2.75) is 46.2 Å². The summed E-state index contributed by atoms with van der Waals surface area (Å²) in [7, 11) is 0. The topological polar surface area (TPSA) is 72.2 Å². The summed E-state index contributed by atoms with van der Waals surface area (Å²) >= 11 is 0. The lowest BCUT2D eigenvalue weighted by molar-refractivity contribution is -0.522. The fourth-order valence-electron chi connectivity index (χ4n) is 1.99. The molecule has 0 aliphatic rings. The molecule has 0 fully saturated rings. The Bertz CT molecular complexity index is 466. The largest absolute Gasteiger partial charge is 0.342 e. The van der Waals surface area contributed by atoms with Crippen molar-refractivity contribution in [2.75, 3.05) is 0 Å². The molecule has 2 unspecified atom stereocenters. The number of hydrogen-bond acceptors (Lipinski definition) is 3. The fraction of sp³-hybridized carbons (Fsp3) is 0.533. The molecule has 0 bridgehead atoms. The lowest BCUT2D eigenvalue weighted by Gasteiger charge is -2.27. The van der Waals surface area contributed by atoms with Crippen LogP contribution in [0.1, 0.15) is 44.5 Å². The van der Waals surface area contributed by atoms with Crippen molar-refractivity contribution in [3.8, 4) is 0 Å². The first-order chi connectivity index (χ1) is 9.20. The summed E-state index contributed by atoms with van der Waals surface area (Å²) in [6, 6.07) is 7.44. The maximum Gasteiger partial charge on any atom is 0.251 e. The molecule has 1 rings (SSSR count). The Balaban J connectivity index is 2.84. The zero-order chi connectivity index (χ0) is 15.3. The van der Waals surface area contributed by atoms with Gasteiger partial charge in [0.2, 0.25) is 6.04 Å². The van der Waals surface area contributed by atoms with Gasteiger partial charge in [-0.2, -0.15) is 0 Å². The van der Waals surface area contributed by atoms with Gasteiger partial charge in [-0.25, -0.2) is 0 Å². The van der Waals surface area contributed by atoms with Crippen LogP contribution in [-0.4, -0.2) is 22.9 Å². The molecule has 20 heavy (non-hydrogen) atoms. The van der Waals surface area contributed by atoms with Gasteiger partial charge in [0.05, 0.1) is 6.04 Å². The van der Waals surface area contributed by atoms with E-state index in [2.05, 4.69) is 5.32 Å². The Labute approximate surface area is 119 Å². The van der Waals surface area contributed by atoms with Gasteiger partial charge in [0.1, 0.15) is 0 Å². The Hall–Kier alpha value is -1.91. The van der Waals surface area contributed by atoms with Crippen LogP contribution in [0.3, 0.4) is 0 Å². The van der Waals surface area contributed by atoms with Gasteiger partial charge in [0.15, 0.2) is 0 Å². The summed E-state index contributed by atoms with van der Waals surface area (Å²) in [5.74, 6) is -0.270. The summed E-state index contributed by atoms with van der Waals surface area (Å²) in [5.41, 5.74) is 0.417. The lowest BCUT2D eigenvalue weighted by Crippen LogP contribution is -2.47. The van der Waals surface area contributed by atoms with E-state index in [1.807, 2.05) is 26.8 Å². The van der Waals surface area contributed by atoms with Crippen molar-refractivity contribution in [2.24, 2.45) is 5.41 Å². The minimum atomic E-state index is -0.818. The highest BCUT2D eigenvalue weighted by atomic mass is 16.6. The van der Waals surface area contributed by atoms with Crippen molar-refractivity contribution in [1.82, 2.24) is 5.32 Å². The van der Waals surface area contributed by atoms with Gasteiger partial charge in [-0.1, -0.05) is 39.0 Å². The smallest absolute Gasteiger partial charge is 0.251 e. The summed E-state index contributed by atoms with van der Waals surface area (Å²) in [6.07, 6.45) is 0.549. The van der Waals surface area contributed by atoms with E-state index in [4.69, 9.17) is 0 Å². The Morgan fingerprint density at radius 1 is 1.30 bits per heavy atom. The minimum absolute atomic E-state index is 0.0983. The van der Waals surface area contributed by atoms with Crippen LogP contribution in [0, 0.1) is 15.5 Å². The SMILES string of the molecule is CC(C(CC(C)(C)C)NC(=O)c1ccccc1)[N+](=O)[O-]. The van der Waals surface area contributed by atoms with Gasteiger partial charge < -0.3 is 5.32 Å². The second kappa shape index (κ2) is 6.50. The zero-order valence-corrected chi connectivity index (χ0v) is 12.4. The van der Waals surface area contributed by atoms with Crippen molar-refractivity contribution >= 4 is 5.91 Å². The molecule has 0 aromatic heterocycles. The van der Waals surface area contributed by atoms with Crippen molar-refractivity contribution in [1.29, 1.82) is 0 Å². The van der Waals surface area contributed by atoms with E-state index >= 15 is 0 Å². The molecule has 5 nitrogen and oxygen atoms in total. The van der Waals surface area contributed by atoms with Crippen molar-refractivity contribution < 1.29 is 9.72 Å². The van der Waals surface area contributed by atoms with Gasteiger partial charge in [-0.05, 0) is 24.0 Å². The highest BCUT2D eigenvalue weighted by Gasteiger charge is 2.32. The van der Waals surface area contributed by atoms with Crippen LogP contribution in [0.5, 0.6) is 0 Å². The van der Waals surface area contributed by atoms with Crippen molar-refractivity contribution in [3.05, 3.63) is 46.0 Å². The molecule has 0 saturated heterocycles. The van der Waals surface area contributed by atoms with E-state index in [1.165, 1.54) is 6.92 Å². The second-order valence-electron chi connectivity index (χ2n) is 6.24. The van der Waals surface area contributed by atoms with Crippen LogP contribution in [0.4, 0.5) is 0 Å². The molecule has 1 aromatic carbocycles. The predicted molar refractivity (Wildman–Crippen MR) is 78.2 cm³/mol. The van der Waals surface area contributed by atoms with E-state index in [0.29, 0.717) is 12.0 Å². The molecule has 1 amide bonds. The summed E-state index contributed by atoms with van der Waals surface area (Å²) < 4.78 is 0. The van der Waals surface area contributed by atoms with Crippen LogP contribution >= 0.6 is 0 Å². The van der Waals surface area contributed by atoms with Crippen LogP contribution in [0.25, 0.3) is 0 Å². The van der Waals surface area contributed by atoms with E-state index < -0.39 is 12.1 Å². The highest BCUT2D eigenvalue weighted by molar-refractivity contribution is 5.94. The summed E-state index contributed by atoms with van der Waals surface area (Å²) in [5, 5.41) is 13.8. The number of nitrogens with one attached hydrogen (secondary N) is 1. The maximum atomic E-state index is 12.1. The monoisotopic (exact) mass is 278 g/mol. The number of carbonyl (C=O) groups is 1. The molecule has 2 atom stereocenters. The summed E-state index contributed by atoms with van der Waals surface area (Å²) in [6.45, 7) is 7.53. The molecule has 5 heteroatoms. The zero-order valence-electron chi connectivity index (χ0n) is 12.4. The first-order valence-corrected chi connectivity index (χ1v) is 6.70. The summed E-state index contributed by atoms with van der Waals surface area (Å²) in [4.78, 5) is 22.8. The number of carbonyl (C=O) groups excluding carboxylic acids is 1. The molecule has 0 spiro atoms. The number of rotatable bonds is 5. The van der Waals surface area contributed by atoms with Crippen LogP contribution in [-0.2, 0) is 0 Å². The third-order valence-electron chi connectivity index (χ3n) is 3.10. The molecular weight excluding hydrogens is 256 g/mol. The molecule has 1 aromatic rings. The number of nitro groups is 1. The van der Waals surface area contributed by atoms with Gasteiger partial charge in [0, 0.05) is 17.4 Å². The minimum Gasteiger partial charge on any atom is -0.342 e. The van der Waals surface area contributed by atoms with E-state index in [0.717, 1.165) is 0 Å². The van der Waals surface area contributed by atoms with E-state index in [-0.39, 0.29) is 16.2 Å². The molecule has 1 N–H and O–H groups in total. The number of amides is 1. The lowest BCUT2D eigenvalue weighted by atomic mass is 9.85. The van der Waals surface area contributed by atoms with Gasteiger partial charge in [-0.15, -0.1) is 0 Å². The Morgan fingerprint density at radius 2 is 1.85 bits per heavy atom. The van der Waals surface area contributed by atoms with E-state index in [1.54, 1.807) is 24.3 Å². The van der Waals surface area contributed by atoms with E-state index in [9.17, 15) is 14.9 Å². The van der Waals surface area contributed by atoms with Gasteiger partial charge in [-0.3, -0.25) is 14.9 Å². The van der Waals surface area contributed by atoms with Crippen LogP contribution < -0.4 is 5.32 Å². The molecule has 110 valence electrons.